The molecule has 6 heteroatoms. The zero-order chi connectivity index (χ0) is 18.0. The number of hydrogen-bond donors (Lipinski definition) is 0. The Morgan fingerprint density at radius 3 is 2.48 bits per heavy atom. The summed E-state index contributed by atoms with van der Waals surface area (Å²) in [5, 5.41) is 0. The highest BCUT2D eigenvalue weighted by atomic mass is 16.2. The molecule has 0 saturated carbocycles. The van der Waals surface area contributed by atoms with Crippen LogP contribution in [0.2, 0.25) is 0 Å². The second kappa shape index (κ2) is 7.17. The number of pyridine rings is 1. The maximum absolute atomic E-state index is 12.5. The smallest absolute Gasteiger partial charge is 0.242 e. The number of nitrogens with zero attached hydrogens (tertiary/aromatic N) is 5. The van der Waals surface area contributed by atoms with E-state index in [2.05, 4.69) is 28.7 Å². The molecule has 25 heavy (non-hydrogen) atoms. The van der Waals surface area contributed by atoms with Crippen LogP contribution in [0, 0.1) is 19.8 Å². The van der Waals surface area contributed by atoms with Crippen LogP contribution in [0.25, 0.3) is 11.4 Å². The maximum Gasteiger partial charge on any atom is 0.242 e. The van der Waals surface area contributed by atoms with Crippen LogP contribution >= 0.6 is 0 Å². The van der Waals surface area contributed by atoms with Gasteiger partial charge in [-0.1, -0.05) is 13.8 Å². The Morgan fingerprint density at radius 2 is 1.84 bits per heavy atom. The van der Waals surface area contributed by atoms with E-state index in [1.165, 1.54) is 0 Å². The maximum atomic E-state index is 12.5. The topological polar surface area (TPSA) is 62.2 Å². The average molecular weight is 339 g/mol. The molecule has 0 bridgehead atoms. The molecule has 3 heterocycles. The zero-order valence-corrected chi connectivity index (χ0v) is 15.4. The molecule has 1 fully saturated rings. The van der Waals surface area contributed by atoms with Crippen LogP contribution < -0.4 is 4.90 Å². The van der Waals surface area contributed by atoms with Crippen molar-refractivity contribution in [2.75, 3.05) is 31.1 Å². The standard InChI is InChI=1S/C19H25N5O/c1-13(2)11-23-9-10-24(12-17(23)25)19-14(3)15(4)21-18(22-19)16-5-7-20-8-6-16/h5-8,13H,9-12H2,1-4H3. The van der Waals surface area contributed by atoms with Gasteiger partial charge in [-0.3, -0.25) is 9.78 Å². The minimum atomic E-state index is 0.168. The highest BCUT2D eigenvalue weighted by Gasteiger charge is 2.27. The summed E-state index contributed by atoms with van der Waals surface area (Å²) in [4.78, 5) is 30.0. The van der Waals surface area contributed by atoms with E-state index in [0.717, 1.165) is 42.3 Å². The molecular weight excluding hydrogens is 314 g/mol. The summed E-state index contributed by atoms with van der Waals surface area (Å²) >= 11 is 0. The van der Waals surface area contributed by atoms with Crippen molar-refractivity contribution in [3.05, 3.63) is 35.8 Å². The van der Waals surface area contributed by atoms with Gasteiger partial charge in [0.15, 0.2) is 5.82 Å². The summed E-state index contributed by atoms with van der Waals surface area (Å²) < 4.78 is 0. The minimum Gasteiger partial charge on any atom is -0.345 e. The summed E-state index contributed by atoms with van der Waals surface area (Å²) in [7, 11) is 0. The predicted molar refractivity (Wildman–Crippen MR) is 98.4 cm³/mol. The molecule has 3 rings (SSSR count). The molecule has 0 radical (unpaired) electrons. The Morgan fingerprint density at radius 1 is 1.12 bits per heavy atom. The molecular formula is C19H25N5O. The van der Waals surface area contributed by atoms with Crippen LogP contribution in [0.4, 0.5) is 5.82 Å². The van der Waals surface area contributed by atoms with Crippen LogP contribution in [0.1, 0.15) is 25.1 Å². The minimum absolute atomic E-state index is 0.168. The van der Waals surface area contributed by atoms with Gasteiger partial charge in [0, 0.05) is 48.8 Å². The van der Waals surface area contributed by atoms with Crippen molar-refractivity contribution in [2.45, 2.75) is 27.7 Å². The Kier molecular flexibility index (Phi) is 4.97. The number of aryl methyl sites for hydroxylation is 1. The molecule has 1 saturated heterocycles. The van der Waals surface area contributed by atoms with Gasteiger partial charge in [0.25, 0.3) is 0 Å². The molecule has 0 aromatic carbocycles. The van der Waals surface area contributed by atoms with Crippen LogP contribution in [0.15, 0.2) is 24.5 Å². The fraction of sp³-hybridized carbons (Fsp3) is 0.474. The van der Waals surface area contributed by atoms with Crippen LogP contribution in [0.3, 0.4) is 0 Å². The van der Waals surface area contributed by atoms with Crippen LogP contribution in [0.5, 0.6) is 0 Å². The second-order valence-corrected chi connectivity index (χ2v) is 6.97. The number of aromatic nitrogens is 3. The number of carbonyl (C=O) groups is 1. The summed E-state index contributed by atoms with van der Waals surface area (Å²) in [5.74, 6) is 2.19. The lowest BCUT2D eigenvalue weighted by molar-refractivity contribution is -0.131. The van der Waals surface area contributed by atoms with Crippen molar-refractivity contribution < 1.29 is 4.79 Å². The molecule has 0 unspecified atom stereocenters. The third-order valence-corrected chi connectivity index (χ3v) is 4.51. The average Bonchev–Trinajstić information content (AvgIpc) is 2.59. The Balaban J connectivity index is 1.88. The third-order valence-electron chi connectivity index (χ3n) is 4.51. The van der Waals surface area contributed by atoms with Crippen molar-refractivity contribution >= 4 is 11.7 Å². The molecule has 0 aliphatic carbocycles. The summed E-state index contributed by atoms with van der Waals surface area (Å²) in [6.45, 7) is 11.0. The lowest BCUT2D eigenvalue weighted by atomic mass is 10.1. The Labute approximate surface area is 148 Å². The SMILES string of the molecule is Cc1nc(-c2ccncc2)nc(N2CCN(CC(C)C)C(=O)C2)c1C. The number of piperazine rings is 1. The van der Waals surface area contributed by atoms with E-state index in [9.17, 15) is 4.79 Å². The van der Waals surface area contributed by atoms with Gasteiger partial charge in [0.2, 0.25) is 5.91 Å². The molecule has 1 aliphatic heterocycles. The number of hydrogen-bond acceptors (Lipinski definition) is 5. The molecule has 1 aliphatic rings. The Hall–Kier alpha value is -2.50. The first-order valence-electron chi connectivity index (χ1n) is 8.74. The van der Waals surface area contributed by atoms with Gasteiger partial charge in [0.05, 0.1) is 6.54 Å². The highest BCUT2D eigenvalue weighted by Crippen LogP contribution is 2.25. The summed E-state index contributed by atoms with van der Waals surface area (Å²) in [5.41, 5.74) is 2.90. The van der Waals surface area contributed by atoms with E-state index < -0.39 is 0 Å². The van der Waals surface area contributed by atoms with Crippen molar-refractivity contribution in [2.24, 2.45) is 5.92 Å². The first-order valence-corrected chi connectivity index (χ1v) is 8.74. The molecule has 0 spiro atoms. The fourth-order valence-corrected chi connectivity index (χ4v) is 3.07. The molecule has 2 aromatic rings. The molecule has 132 valence electrons. The van der Waals surface area contributed by atoms with Gasteiger partial charge in [-0.25, -0.2) is 9.97 Å². The van der Waals surface area contributed by atoms with Gasteiger partial charge in [-0.15, -0.1) is 0 Å². The van der Waals surface area contributed by atoms with E-state index in [1.54, 1.807) is 12.4 Å². The van der Waals surface area contributed by atoms with E-state index in [0.29, 0.717) is 18.3 Å². The molecule has 0 N–H and O–H groups in total. The molecule has 6 nitrogen and oxygen atoms in total. The molecule has 0 atom stereocenters. The van der Waals surface area contributed by atoms with Gasteiger partial charge < -0.3 is 9.80 Å². The lowest BCUT2D eigenvalue weighted by Crippen LogP contribution is -2.51. The van der Waals surface area contributed by atoms with Gasteiger partial charge >= 0.3 is 0 Å². The van der Waals surface area contributed by atoms with Crippen molar-refractivity contribution in [1.29, 1.82) is 0 Å². The largest absolute Gasteiger partial charge is 0.345 e. The van der Waals surface area contributed by atoms with Crippen molar-refractivity contribution in [1.82, 2.24) is 19.9 Å². The monoisotopic (exact) mass is 339 g/mol. The number of carbonyl (C=O) groups excluding carboxylic acids is 1. The summed E-state index contributed by atoms with van der Waals surface area (Å²) in [6, 6.07) is 3.80. The molecule has 2 aromatic heterocycles. The predicted octanol–water partition coefficient (Wildman–Crippen LogP) is 2.46. The van der Waals surface area contributed by atoms with Crippen LogP contribution in [-0.2, 0) is 4.79 Å². The Bertz CT molecular complexity index is 760. The fourth-order valence-electron chi connectivity index (χ4n) is 3.07. The van der Waals surface area contributed by atoms with E-state index in [4.69, 9.17) is 4.98 Å². The summed E-state index contributed by atoms with van der Waals surface area (Å²) in [6.07, 6.45) is 3.48. The lowest BCUT2D eigenvalue weighted by Gasteiger charge is -2.36. The first-order chi connectivity index (χ1) is 12.0. The molecule has 1 amide bonds. The number of amides is 1. The number of anilines is 1. The number of rotatable bonds is 4. The quantitative estimate of drug-likeness (QED) is 0.856. The van der Waals surface area contributed by atoms with Crippen LogP contribution in [-0.4, -0.2) is 51.9 Å². The highest BCUT2D eigenvalue weighted by molar-refractivity contribution is 5.83. The first kappa shape index (κ1) is 17.3. The van der Waals surface area contributed by atoms with Gasteiger partial charge in [-0.05, 0) is 31.9 Å². The van der Waals surface area contributed by atoms with E-state index >= 15 is 0 Å². The van der Waals surface area contributed by atoms with E-state index in [-0.39, 0.29) is 5.91 Å². The third kappa shape index (κ3) is 3.78. The van der Waals surface area contributed by atoms with Crippen molar-refractivity contribution in [3.63, 3.8) is 0 Å². The van der Waals surface area contributed by atoms with Gasteiger partial charge in [-0.2, -0.15) is 0 Å². The van der Waals surface area contributed by atoms with Gasteiger partial charge in [0.1, 0.15) is 5.82 Å². The van der Waals surface area contributed by atoms with Crippen molar-refractivity contribution in [3.8, 4) is 11.4 Å². The normalized spacial score (nSPS) is 15.2. The zero-order valence-electron chi connectivity index (χ0n) is 15.4. The second-order valence-electron chi connectivity index (χ2n) is 6.97. The van der Waals surface area contributed by atoms with E-state index in [1.807, 2.05) is 30.9 Å².